The molecule has 0 spiro atoms. The minimum Gasteiger partial charge on any atom is -0.355 e. The Morgan fingerprint density at radius 1 is 0.889 bits per heavy atom. The Kier molecular flexibility index (Phi) is 4.02. The SMILES string of the molecule is C1=NCN(C2CCCCC2)C=C1C1CCCCC1. The molecule has 0 amide bonds. The second-order valence-corrected chi connectivity index (χ2v) is 6.22. The fourth-order valence-corrected chi connectivity index (χ4v) is 3.79. The van der Waals surface area contributed by atoms with Crippen molar-refractivity contribution in [3.05, 3.63) is 11.8 Å². The van der Waals surface area contributed by atoms with Crippen LogP contribution < -0.4 is 0 Å². The lowest BCUT2D eigenvalue weighted by molar-refractivity contribution is 0.218. The van der Waals surface area contributed by atoms with Gasteiger partial charge in [0.15, 0.2) is 0 Å². The van der Waals surface area contributed by atoms with Crippen LogP contribution in [0.2, 0.25) is 0 Å². The first-order valence-corrected chi connectivity index (χ1v) is 7.91. The van der Waals surface area contributed by atoms with E-state index in [1.165, 1.54) is 69.8 Å². The maximum atomic E-state index is 4.62. The summed E-state index contributed by atoms with van der Waals surface area (Å²) in [6.07, 6.45) is 18.7. The third-order valence-corrected chi connectivity index (χ3v) is 4.92. The summed E-state index contributed by atoms with van der Waals surface area (Å²) in [7, 11) is 0. The lowest BCUT2D eigenvalue weighted by Gasteiger charge is -2.35. The van der Waals surface area contributed by atoms with Crippen LogP contribution in [-0.4, -0.2) is 23.8 Å². The summed E-state index contributed by atoms with van der Waals surface area (Å²) in [5.74, 6) is 0.800. The van der Waals surface area contributed by atoms with Crippen molar-refractivity contribution in [3.8, 4) is 0 Å². The normalized spacial score (nSPS) is 27.3. The summed E-state index contributed by atoms with van der Waals surface area (Å²) in [4.78, 5) is 7.15. The van der Waals surface area contributed by atoms with Crippen molar-refractivity contribution in [1.29, 1.82) is 0 Å². The Labute approximate surface area is 111 Å². The fraction of sp³-hybridized carbons (Fsp3) is 0.812. The number of nitrogens with zero attached hydrogens (tertiary/aromatic N) is 2. The Morgan fingerprint density at radius 3 is 2.28 bits per heavy atom. The molecule has 0 aromatic rings. The minimum absolute atomic E-state index is 0.773. The summed E-state index contributed by atoms with van der Waals surface area (Å²) in [6.45, 7) is 0.904. The van der Waals surface area contributed by atoms with Gasteiger partial charge in [0, 0.05) is 18.5 Å². The van der Waals surface area contributed by atoms with Gasteiger partial charge < -0.3 is 4.90 Å². The molecule has 0 bridgehead atoms. The van der Waals surface area contributed by atoms with E-state index in [0.29, 0.717) is 0 Å². The predicted molar refractivity (Wildman–Crippen MR) is 76.7 cm³/mol. The van der Waals surface area contributed by atoms with Crippen molar-refractivity contribution < 1.29 is 0 Å². The highest BCUT2D eigenvalue weighted by Crippen LogP contribution is 2.31. The maximum absolute atomic E-state index is 4.62. The zero-order valence-corrected chi connectivity index (χ0v) is 11.5. The molecule has 100 valence electrons. The van der Waals surface area contributed by atoms with Crippen molar-refractivity contribution in [2.75, 3.05) is 6.67 Å². The monoisotopic (exact) mass is 246 g/mol. The number of allylic oxidation sites excluding steroid dienone is 1. The molecule has 2 aliphatic carbocycles. The molecule has 2 saturated carbocycles. The first-order chi connectivity index (χ1) is 8.93. The standard InChI is InChI=1S/C16H26N2/c1-3-7-14(8-4-1)15-11-17-13-18(12-15)16-9-5-2-6-10-16/h11-12,14,16H,1-10,13H2. The smallest absolute Gasteiger partial charge is 0.110 e. The van der Waals surface area contributed by atoms with Gasteiger partial charge >= 0.3 is 0 Å². The van der Waals surface area contributed by atoms with Gasteiger partial charge in [0.1, 0.15) is 6.67 Å². The molecule has 0 radical (unpaired) electrons. The highest BCUT2D eigenvalue weighted by Gasteiger charge is 2.23. The maximum Gasteiger partial charge on any atom is 0.110 e. The van der Waals surface area contributed by atoms with E-state index in [1.807, 2.05) is 0 Å². The minimum atomic E-state index is 0.773. The topological polar surface area (TPSA) is 15.6 Å². The average molecular weight is 246 g/mol. The van der Waals surface area contributed by atoms with Gasteiger partial charge in [-0.25, -0.2) is 0 Å². The van der Waals surface area contributed by atoms with E-state index in [2.05, 4.69) is 22.3 Å². The van der Waals surface area contributed by atoms with E-state index >= 15 is 0 Å². The molecule has 0 saturated heterocycles. The molecule has 1 heterocycles. The molecule has 2 fully saturated rings. The Morgan fingerprint density at radius 2 is 1.56 bits per heavy atom. The molecule has 0 unspecified atom stereocenters. The lowest BCUT2D eigenvalue weighted by Crippen LogP contribution is -2.35. The third kappa shape index (κ3) is 2.78. The van der Waals surface area contributed by atoms with E-state index < -0.39 is 0 Å². The van der Waals surface area contributed by atoms with Gasteiger partial charge in [-0.2, -0.15) is 0 Å². The van der Waals surface area contributed by atoms with Crippen LogP contribution in [0.5, 0.6) is 0 Å². The summed E-state index contributed by atoms with van der Waals surface area (Å²) in [5, 5.41) is 0. The second-order valence-electron chi connectivity index (χ2n) is 6.22. The summed E-state index contributed by atoms with van der Waals surface area (Å²) in [6, 6.07) is 0.773. The first kappa shape index (κ1) is 12.3. The van der Waals surface area contributed by atoms with Gasteiger partial charge in [0.05, 0.1) is 0 Å². The molecular formula is C16H26N2. The summed E-state index contributed by atoms with van der Waals surface area (Å²) in [5.41, 5.74) is 1.52. The lowest BCUT2D eigenvalue weighted by atomic mass is 9.84. The largest absolute Gasteiger partial charge is 0.355 e. The van der Waals surface area contributed by atoms with Crippen molar-refractivity contribution >= 4 is 6.21 Å². The van der Waals surface area contributed by atoms with E-state index in [-0.39, 0.29) is 0 Å². The zero-order valence-electron chi connectivity index (χ0n) is 11.5. The molecule has 3 rings (SSSR count). The van der Waals surface area contributed by atoms with E-state index in [0.717, 1.165) is 18.6 Å². The second kappa shape index (κ2) is 5.90. The number of hydrogen-bond donors (Lipinski definition) is 0. The van der Waals surface area contributed by atoms with Crippen LogP contribution in [0.1, 0.15) is 64.2 Å². The average Bonchev–Trinajstić information content (AvgIpc) is 2.49. The van der Waals surface area contributed by atoms with Gasteiger partial charge in [-0.05, 0) is 37.2 Å². The highest BCUT2D eigenvalue weighted by molar-refractivity contribution is 5.79. The van der Waals surface area contributed by atoms with Crippen molar-refractivity contribution in [3.63, 3.8) is 0 Å². The molecule has 0 N–H and O–H groups in total. The predicted octanol–water partition coefficient (Wildman–Crippen LogP) is 4.13. The number of aliphatic imine (C=N–C) groups is 1. The molecule has 18 heavy (non-hydrogen) atoms. The molecule has 0 atom stereocenters. The molecular weight excluding hydrogens is 220 g/mol. The van der Waals surface area contributed by atoms with Crippen molar-refractivity contribution in [2.45, 2.75) is 70.3 Å². The van der Waals surface area contributed by atoms with Crippen LogP contribution >= 0.6 is 0 Å². The number of rotatable bonds is 2. The van der Waals surface area contributed by atoms with Crippen LogP contribution in [0.3, 0.4) is 0 Å². The van der Waals surface area contributed by atoms with Crippen LogP contribution in [0, 0.1) is 5.92 Å². The Hall–Kier alpha value is -0.790. The Balaban J connectivity index is 1.65. The van der Waals surface area contributed by atoms with E-state index in [4.69, 9.17) is 0 Å². The summed E-state index contributed by atoms with van der Waals surface area (Å²) >= 11 is 0. The third-order valence-electron chi connectivity index (χ3n) is 4.92. The van der Waals surface area contributed by atoms with Crippen LogP contribution in [0.25, 0.3) is 0 Å². The highest BCUT2D eigenvalue weighted by atomic mass is 15.2. The molecule has 2 nitrogen and oxygen atoms in total. The Bertz CT molecular complexity index is 320. The molecule has 0 aromatic carbocycles. The van der Waals surface area contributed by atoms with Crippen LogP contribution in [0.4, 0.5) is 0 Å². The number of hydrogen-bond acceptors (Lipinski definition) is 2. The van der Waals surface area contributed by atoms with E-state index in [1.54, 1.807) is 0 Å². The van der Waals surface area contributed by atoms with Gasteiger partial charge in [-0.1, -0.05) is 38.5 Å². The van der Waals surface area contributed by atoms with E-state index in [9.17, 15) is 0 Å². The molecule has 1 aliphatic heterocycles. The van der Waals surface area contributed by atoms with Crippen molar-refractivity contribution in [1.82, 2.24) is 4.90 Å². The van der Waals surface area contributed by atoms with Crippen LogP contribution in [-0.2, 0) is 0 Å². The van der Waals surface area contributed by atoms with Gasteiger partial charge in [0.25, 0.3) is 0 Å². The molecule has 2 heteroatoms. The van der Waals surface area contributed by atoms with Gasteiger partial charge in [0.2, 0.25) is 0 Å². The molecule has 0 aromatic heterocycles. The summed E-state index contributed by atoms with van der Waals surface area (Å²) < 4.78 is 0. The first-order valence-electron chi connectivity index (χ1n) is 7.91. The van der Waals surface area contributed by atoms with Gasteiger partial charge in [-0.3, -0.25) is 4.99 Å². The molecule has 3 aliphatic rings. The fourth-order valence-electron chi connectivity index (χ4n) is 3.79. The van der Waals surface area contributed by atoms with Crippen LogP contribution in [0.15, 0.2) is 16.8 Å². The van der Waals surface area contributed by atoms with Gasteiger partial charge in [-0.15, -0.1) is 0 Å². The van der Waals surface area contributed by atoms with Crippen molar-refractivity contribution in [2.24, 2.45) is 10.9 Å². The quantitative estimate of drug-likeness (QED) is 0.715. The zero-order chi connectivity index (χ0) is 12.2.